The predicted octanol–water partition coefficient (Wildman–Crippen LogP) is 5.62. The summed E-state index contributed by atoms with van der Waals surface area (Å²) >= 11 is 7.39. The van der Waals surface area contributed by atoms with Gasteiger partial charge in [0.15, 0.2) is 11.7 Å². The normalized spacial score (nSPS) is 10.9. The van der Waals surface area contributed by atoms with Crippen molar-refractivity contribution >= 4 is 34.0 Å². The number of aromatic nitrogens is 1. The van der Waals surface area contributed by atoms with Gasteiger partial charge in [0.2, 0.25) is 0 Å². The largest absolute Gasteiger partial charge is 0.497 e. The average Bonchev–Trinajstić information content (AvgIpc) is 3.33. The second-order valence-corrected chi connectivity index (χ2v) is 8.69. The number of halogens is 1. The highest BCUT2D eigenvalue weighted by atomic mass is 35.5. The first-order valence-electron chi connectivity index (χ1n) is 11.0. The van der Waals surface area contributed by atoms with Crippen LogP contribution in [0.4, 0.5) is 5.13 Å². The molecule has 1 aromatic heterocycles. The lowest BCUT2D eigenvalue weighted by molar-refractivity contribution is -0.120. The molecule has 8 heteroatoms. The van der Waals surface area contributed by atoms with Crippen molar-refractivity contribution in [2.45, 2.75) is 20.3 Å². The minimum Gasteiger partial charge on any atom is -0.497 e. The summed E-state index contributed by atoms with van der Waals surface area (Å²) in [4.78, 5) is 22.0. The van der Waals surface area contributed by atoms with Crippen LogP contribution in [0.3, 0.4) is 0 Å². The second kappa shape index (κ2) is 12.6. The number of benzene rings is 2. The lowest BCUT2D eigenvalue weighted by Gasteiger charge is -2.23. The minimum atomic E-state index is -0.125. The maximum absolute atomic E-state index is 13.1. The fourth-order valence-electron chi connectivity index (χ4n) is 3.36. The summed E-state index contributed by atoms with van der Waals surface area (Å²) in [7, 11) is 1.64. The van der Waals surface area contributed by atoms with Crippen LogP contribution in [0.1, 0.15) is 20.3 Å². The third-order valence-corrected chi connectivity index (χ3v) is 6.45. The van der Waals surface area contributed by atoms with Crippen molar-refractivity contribution in [3.05, 3.63) is 58.9 Å². The standard InChI is InChI=1S/C25H30ClN3O3S/c1-4-28(5-2)15-6-16-29(24(30)17-32-22-13-9-20(26)10-14-22)25-27-23(18-33-25)19-7-11-21(31-3)12-8-19/h7-14,18H,4-6,15-17H2,1-3H3. The molecule has 176 valence electrons. The van der Waals surface area contributed by atoms with Gasteiger partial charge in [0, 0.05) is 22.5 Å². The van der Waals surface area contributed by atoms with E-state index in [1.54, 1.807) is 36.3 Å². The van der Waals surface area contributed by atoms with Crippen molar-refractivity contribution in [2.24, 2.45) is 0 Å². The number of amides is 1. The zero-order valence-electron chi connectivity index (χ0n) is 19.3. The van der Waals surface area contributed by atoms with Crippen LogP contribution in [0.15, 0.2) is 53.9 Å². The number of rotatable bonds is 12. The third-order valence-electron chi connectivity index (χ3n) is 5.34. The highest BCUT2D eigenvalue weighted by molar-refractivity contribution is 7.14. The van der Waals surface area contributed by atoms with E-state index in [4.69, 9.17) is 26.1 Å². The van der Waals surface area contributed by atoms with Gasteiger partial charge in [-0.05, 0) is 74.6 Å². The Kier molecular flexibility index (Phi) is 9.54. The number of hydrogen-bond donors (Lipinski definition) is 0. The Morgan fingerprint density at radius 1 is 1.00 bits per heavy atom. The Labute approximate surface area is 204 Å². The zero-order valence-corrected chi connectivity index (χ0v) is 20.9. The molecule has 0 spiro atoms. The quantitative estimate of drug-likeness (QED) is 0.332. The van der Waals surface area contributed by atoms with Gasteiger partial charge in [-0.2, -0.15) is 0 Å². The van der Waals surface area contributed by atoms with Gasteiger partial charge in [-0.25, -0.2) is 4.98 Å². The molecular weight excluding hydrogens is 458 g/mol. The minimum absolute atomic E-state index is 0.0651. The van der Waals surface area contributed by atoms with E-state index < -0.39 is 0 Å². The number of hydrogen-bond acceptors (Lipinski definition) is 6. The molecule has 1 amide bonds. The number of ether oxygens (including phenoxy) is 2. The monoisotopic (exact) mass is 487 g/mol. The summed E-state index contributed by atoms with van der Waals surface area (Å²) in [6.07, 6.45) is 0.853. The number of methoxy groups -OCH3 is 1. The van der Waals surface area contributed by atoms with Crippen LogP contribution < -0.4 is 14.4 Å². The van der Waals surface area contributed by atoms with Gasteiger partial charge in [-0.3, -0.25) is 9.69 Å². The van der Waals surface area contributed by atoms with E-state index in [9.17, 15) is 4.79 Å². The van der Waals surface area contributed by atoms with Crippen LogP contribution in [0, 0.1) is 0 Å². The first kappa shape index (κ1) is 25.0. The number of anilines is 1. The molecule has 2 aromatic carbocycles. The van der Waals surface area contributed by atoms with Crippen molar-refractivity contribution in [3.8, 4) is 22.8 Å². The lowest BCUT2D eigenvalue weighted by Crippen LogP contribution is -2.37. The maximum Gasteiger partial charge on any atom is 0.266 e. The van der Waals surface area contributed by atoms with E-state index in [0.29, 0.717) is 22.4 Å². The number of thiazole rings is 1. The molecule has 0 aliphatic heterocycles. The summed E-state index contributed by atoms with van der Waals surface area (Å²) < 4.78 is 11.0. The molecule has 0 atom stereocenters. The molecule has 1 heterocycles. The first-order chi connectivity index (χ1) is 16.0. The molecule has 33 heavy (non-hydrogen) atoms. The third kappa shape index (κ3) is 7.19. The van der Waals surface area contributed by atoms with Gasteiger partial charge in [-0.1, -0.05) is 25.4 Å². The summed E-state index contributed by atoms with van der Waals surface area (Å²) in [6, 6.07) is 14.7. The van der Waals surface area contributed by atoms with E-state index in [1.807, 2.05) is 29.6 Å². The van der Waals surface area contributed by atoms with Crippen molar-refractivity contribution in [1.82, 2.24) is 9.88 Å². The highest BCUT2D eigenvalue weighted by Gasteiger charge is 2.20. The Morgan fingerprint density at radius 2 is 1.67 bits per heavy atom. The predicted molar refractivity (Wildman–Crippen MR) is 136 cm³/mol. The molecule has 0 aliphatic rings. The molecule has 0 bridgehead atoms. The Morgan fingerprint density at radius 3 is 2.30 bits per heavy atom. The van der Waals surface area contributed by atoms with Gasteiger partial charge in [-0.15, -0.1) is 11.3 Å². The van der Waals surface area contributed by atoms with E-state index in [-0.39, 0.29) is 12.5 Å². The van der Waals surface area contributed by atoms with E-state index in [2.05, 4.69) is 18.7 Å². The van der Waals surface area contributed by atoms with Gasteiger partial charge in [0.1, 0.15) is 11.5 Å². The molecule has 0 saturated heterocycles. The molecule has 0 radical (unpaired) electrons. The fraction of sp³-hybridized carbons (Fsp3) is 0.360. The number of carbonyl (C=O) groups is 1. The van der Waals surface area contributed by atoms with Gasteiger partial charge in [0.25, 0.3) is 5.91 Å². The van der Waals surface area contributed by atoms with Crippen molar-refractivity contribution in [3.63, 3.8) is 0 Å². The smallest absolute Gasteiger partial charge is 0.266 e. The summed E-state index contributed by atoms with van der Waals surface area (Å²) in [5, 5.41) is 3.27. The summed E-state index contributed by atoms with van der Waals surface area (Å²) in [5.41, 5.74) is 1.81. The highest BCUT2D eigenvalue weighted by Crippen LogP contribution is 2.29. The van der Waals surface area contributed by atoms with E-state index >= 15 is 0 Å². The van der Waals surface area contributed by atoms with Gasteiger partial charge >= 0.3 is 0 Å². The van der Waals surface area contributed by atoms with Crippen molar-refractivity contribution in [2.75, 3.05) is 44.8 Å². The molecule has 0 aliphatic carbocycles. The maximum atomic E-state index is 13.1. The zero-order chi connectivity index (χ0) is 23.6. The first-order valence-corrected chi connectivity index (χ1v) is 12.3. The van der Waals surface area contributed by atoms with E-state index in [1.165, 1.54) is 11.3 Å². The van der Waals surface area contributed by atoms with Crippen LogP contribution in [0.25, 0.3) is 11.3 Å². The SMILES string of the molecule is CCN(CC)CCCN(C(=O)COc1ccc(Cl)cc1)c1nc(-c2ccc(OC)cc2)cs1. The van der Waals surface area contributed by atoms with Crippen molar-refractivity contribution in [1.29, 1.82) is 0 Å². The molecule has 3 rings (SSSR count). The molecule has 0 fully saturated rings. The fourth-order valence-corrected chi connectivity index (χ4v) is 4.36. The van der Waals surface area contributed by atoms with Gasteiger partial charge in [0.05, 0.1) is 12.8 Å². The van der Waals surface area contributed by atoms with Crippen LogP contribution in [-0.4, -0.2) is 55.7 Å². The second-order valence-electron chi connectivity index (χ2n) is 7.41. The average molecular weight is 488 g/mol. The molecule has 0 N–H and O–H groups in total. The van der Waals surface area contributed by atoms with Crippen LogP contribution >= 0.6 is 22.9 Å². The lowest BCUT2D eigenvalue weighted by atomic mass is 10.2. The Bertz CT molecular complexity index is 1000. The summed E-state index contributed by atoms with van der Waals surface area (Å²) in [5.74, 6) is 1.27. The van der Waals surface area contributed by atoms with Crippen molar-refractivity contribution < 1.29 is 14.3 Å². The molecule has 6 nitrogen and oxygen atoms in total. The number of carbonyl (C=O) groups excluding carboxylic acids is 1. The van der Waals surface area contributed by atoms with Crippen LogP contribution in [0.5, 0.6) is 11.5 Å². The molecular formula is C25H30ClN3O3S. The Hall–Kier alpha value is -2.61. The van der Waals surface area contributed by atoms with E-state index in [0.717, 1.165) is 43.1 Å². The Balaban J connectivity index is 1.73. The van der Waals surface area contributed by atoms with Gasteiger partial charge < -0.3 is 14.4 Å². The molecule has 3 aromatic rings. The van der Waals surface area contributed by atoms with Crippen LogP contribution in [0.2, 0.25) is 5.02 Å². The van der Waals surface area contributed by atoms with Crippen LogP contribution in [-0.2, 0) is 4.79 Å². The summed E-state index contributed by atoms with van der Waals surface area (Å²) in [6.45, 7) is 7.71. The molecule has 0 saturated carbocycles. The number of nitrogens with zero attached hydrogens (tertiary/aromatic N) is 3. The topological polar surface area (TPSA) is 54.9 Å². The molecule has 0 unspecified atom stereocenters.